The largest absolute Gasteiger partial charge is 0.507 e. The minimum absolute atomic E-state index is 0.0567. The Bertz CT molecular complexity index is 524. The van der Waals surface area contributed by atoms with Crippen molar-refractivity contribution >= 4 is 21.8 Å². The van der Waals surface area contributed by atoms with Crippen molar-refractivity contribution in [1.29, 1.82) is 0 Å². The van der Waals surface area contributed by atoms with Gasteiger partial charge >= 0.3 is 0 Å². The monoisotopic (exact) mass is 349 g/mol. The summed E-state index contributed by atoms with van der Waals surface area (Å²) in [5.74, 6) is -4.95. The molecule has 1 aliphatic heterocycles. The molecule has 0 aliphatic carbocycles. The smallest absolute Gasteiger partial charge is 0.257 e. The molecular formula is C13H14BrF2NO3. The number of aliphatic hydroxyl groups excluding tert-OH is 1. The lowest BCUT2D eigenvalue weighted by atomic mass is 9.94. The van der Waals surface area contributed by atoms with Gasteiger partial charge in [-0.25, -0.2) is 8.78 Å². The van der Waals surface area contributed by atoms with E-state index in [4.69, 9.17) is 5.11 Å². The molecule has 2 rings (SSSR count). The van der Waals surface area contributed by atoms with Gasteiger partial charge in [0, 0.05) is 24.0 Å². The van der Waals surface area contributed by atoms with E-state index >= 15 is 0 Å². The first-order chi connectivity index (χ1) is 9.35. The number of phenolic OH excluding ortho intramolecular Hbond substituents is 1. The predicted octanol–water partition coefficient (Wildman–Crippen LogP) is 2.24. The van der Waals surface area contributed by atoms with Crippen LogP contribution >= 0.6 is 15.9 Å². The van der Waals surface area contributed by atoms with E-state index < -0.39 is 30.8 Å². The number of benzene rings is 1. The van der Waals surface area contributed by atoms with E-state index in [1.54, 1.807) is 6.07 Å². The van der Waals surface area contributed by atoms with Gasteiger partial charge < -0.3 is 15.1 Å². The average molecular weight is 350 g/mol. The van der Waals surface area contributed by atoms with Crippen molar-refractivity contribution in [3.05, 3.63) is 28.2 Å². The van der Waals surface area contributed by atoms with Gasteiger partial charge in [-0.15, -0.1) is 0 Å². The van der Waals surface area contributed by atoms with Crippen LogP contribution in [-0.2, 0) is 0 Å². The molecule has 1 heterocycles. The Labute approximate surface area is 123 Å². The fraction of sp³-hybridized carbons (Fsp3) is 0.462. The Morgan fingerprint density at radius 3 is 2.85 bits per heavy atom. The van der Waals surface area contributed by atoms with Gasteiger partial charge in [-0.2, -0.15) is 0 Å². The zero-order valence-corrected chi connectivity index (χ0v) is 12.1. The fourth-order valence-corrected chi connectivity index (χ4v) is 2.57. The van der Waals surface area contributed by atoms with Crippen molar-refractivity contribution in [2.75, 3.05) is 19.7 Å². The third-order valence-corrected chi connectivity index (χ3v) is 3.94. The molecule has 1 aliphatic rings. The highest BCUT2D eigenvalue weighted by Crippen LogP contribution is 2.34. The Morgan fingerprint density at radius 2 is 2.20 bits per heavy atom. The summed E-state index contributed by atoms with van der Waals surface area (Å²) in [7, 11) is 0. The van der Waals surface area contributed by atoms with Crippen LogP contribution in [-0.4, -0.2) is 46.6 Å². The molecule has 0 radical (unpaired) electrons. The number of hydrogen-bond acceptors (Lipinski definition) is 3. The molecule has 1 atom stereocenters. The molecule has 1 unspecified atom stereocenters. The first kappa shape index (κ1) is 15.2. The second kappa shape index (κ2) is 5.65. The number of piperidine rings is 1. The first-order valence-electron chi connectivity index (χ1n) is 6.11. The van der Waals surface area contributed by atoms with Crippen LogP contribution in [0.4, 0.5) is 8.78 Å². The molecule has 0 bridgehead atoms. The zero-order chi connectivity index (χ0) is 14.9. The number of hydrogen-bond donors (Lipinski definition) is 2. The van der Waals surface area contributed by atoms with Crippen LogP contribution in [0.25, 0.3) is 0 Å². The lowest BCUT2D eigenvalue weighted by Crippen LogP contribution is -2.50. The highest BCUT2D eigenvalue weighted by molar-refractivity contribution is 9.10. The number of phenols is 1. The maximum absolute atomic E-state index is 13.5. The number of carbonyl (C=O) groups excluding carboxylic acids is 1. The van der Waals surface area contributed by atoms with E-state index in [1.165, 1.54) is 17.0 Å². The Kier molecular flexibility index (Phi) is 4.29. The first-order valence-corrected chi connectivity index (χ1v) is 6.91. The number of alkyl halides is 2. The van der Waals surface area contributed by atoms with Gasteiger partial charge in [-0.3, -0.25) is 4.79 Å². The molecule has 0 spiro atoms. The van der Waals surface area contributed by atoms with Gasteiger partial charge in [0.25, 0.3) is 11.8 Å². The second-order valence-corrected chi connectivity index (χ2v) is 5.72. The van der Waals surface area contributed by atoms with Crippen molar-refractivity contribution in [3.8, 4) is 5.75 Å². The zero-order valence-electron chi connectivity index (χ0n) is 10.5. The summed E-state index contributed by atoms with van der Waals surface area (Å²) in [5.41, 5.74) is 0.0567. The third kappa shape index (κ3) is 2.93. The number of amides is 1. The number of aromatic hydroxyl groups is 1. The molecular weight excluding hydrogens is 336 g/mol. The van der Waals surface area contributed by atoms with E-state index in [0.717, 1.165) is 0 Å². The normalized spacial score (nSPS) is 21.8. The Morgan fingerprint density at radius 1 is 1.50 bits per heavy atom. The quantitative estimate of drug-likeness (QED) is 0.860. The van der Waals surface area contributed by atoms with Crippen molar-refractivity contribution in [1.82, 2.24) is 4.90 Å². The highest BCUT2D eigenvalue weighted by Gasteiger charge is 2.44. The number of rotatable bonds is 2. The van der Waals surface area contributed by atoms with Gasteiger partial charge in [-0.05, 0) is 18.2 Å². The van der Waals surface area contributed by atoms with E-state index in [-0.39, 0.29) is 24.4 Å². The van der Waals surface area contributed by atoms with Crippen molar-refractivity contribution < 1.29 is 23.8 Å². The van der Waals surface area contributed by atoms with Crippen LogP contribution in [0.1, 0.15) is 16.8 Å². The molecule has 1 aromatic carbocycles. The number of nitrogens with zero attached hydrogens (tertiary/aromatic N) is 1. The second-order valence-electron chi connectivity index (χ2n) is 4.80. The average Bonchev–Trinajstić information content (AvgIpc) is 2.40. The molecule has 1 fully saturated rings. The summed E-state index contributed by atoms with van der Waals surface area (Å²) in [5, 5.41) is 18.7. The summed E-state index contributed by atoms with van der Waals surface area (Å²) in [4.78, 5) is 13.5. The SMILES string of the molecule is O=C(c1cc(Br)ccc1O)N1CCC(F)(F)C(CO)C1. The molecule has 1 aromatic rings. The van der Waals surface area contributed by atoms with Crippen LogP contribution in [0.15, 0.2) is 22.7 Å². The molecule has 0 saturated carbocycles. The van der Waals surface area contributed by atoms with Crippen LogP contribution in [0, 0.1) is 5.92 Å². The van der Waals surface area contributed by atoms with E-state index in [2.05, 4.69) is 15.9 Å². The fourth-order valence-electron chi connectivity index (χ4n) is 2.20. The lowest BCUT2D eigenvalue weighted by Gasteiger charge is -2.37. The molecule has 1 saturated heterocycles. The summed E-state index contributed by atoms with van der Waals surface area (Å²) < 4.78 is 27.6. The maximum atomic E-state index is 13.5. The van der Waals surface area contributed by atoms with E-state index in [0.29, 0.717) is 4.47 Å². The summed E-state index contributed by atoms with van der Waals surface area (Å²) in [6, 6.07) is 4.38. The van der Waals surface area contributed by atoms with Gasteiger partial charge in [0.1, 0.15) is 5.75 Å². The van der Waals surface area contributed by atoms with Crippen LogP contribution in [0.3, 0.4) is 0 Å². The molecule has 20 heavy (non-hydrogen) atoms. The molecule has 4 nitrogen and oxygen atoms in total. The van der Waals surface area contributed by atoms with Gasteiger partial charge in [0.15, 0.2) is 0 Å². The van der Waals surface area contributed by atoms with Crippen LogP contribution < -0.4 is 0 Å². The van der Waals surface area contributed by atoms with Crippen LogP contribution in [0.5, 0.6) is 5.75 Å². The van der Waals surface area contributed by atoms with E-state index in [1.807, 2.05) is 0 Å². The Balaban J connectivity index is 2.20. The predicted molar refractivity (Wildman–Crippen MR) is 71.9 cm³/mol. The number of halogens is 3. The number of carbonyl (C=O) groups is 1. The van der Waals surface area contributed by atoms with Gasteiger partial charge in [0.05, 0.1) is 18.1 Å². The summed E-state index contributed by atoms with van der Waals surface area (Å²) in [6.07, 6.45) is -0.487. The van der Waals surface area contributed by atoms with Crippen molar-refractivity contribution in [3.63, 3.8) is 0 Å². The van der Waals surface area contributed by atoms with Gasteiger partial charge in [0.2, 0.25) is 0 Å². The Hall–Kier alpha value is -1.21. The van der Waals surface area contributed by atoms with Crippen molar-refractivity contribution in [2.24, 2.45) is 5.92 Å². The summed E-state index contributed by atoms with van der Waals surface area (Å²) in [6.45, 7) is -1.01. The molecule has 2 N–H and O–H groups in total. The van der Waals surface area contributed by atoms with Gasteiger partial charge in [-0.1, -0.05) is 15.9 Å². The number of likely N-dealkylation sites (tertiary alicyclic amines) is 1. The summed E-state index contributed by atoms with van der Waals surface area (Å²) >= 11 is 3.19. The topological polar surface area (TPSA) is 60.8 Å². The van der Waals surface area contributed by atoms with E-state index in [9.17, 15) is 18.7 Å². The molecule has 7 heteroatoms. The number of aliphatic hydroxyl groups is 1. The third-order valence-electron chi connectivity index (χ3n) is 3.45. The lowest BCUT2D eigenvalue weighted by molar-refractivity contribution is -0.113. The highest BCUT2D eigenvalue weighted by atomic mass is 79.9. The molecule has 1 amide bonds. The van der Waals surface area contributed by atoms with Crippen LogP contribution in [0.2, 0.25) is 0 Å². The standard InChI is InChI=1S/C13H14BrF2NO3/c14-9-1-2-11(19)10(5-9)12(20)17-4-3-13(15,16)8(6-17)7-18/h1-2,5,8,18-19H,3-4,6-7H2. The maximum Gasteiger partial charge on any atom is 0.257 e. The molecule has 0 aromatic heterocycles. The minimum Gasteiger partial charge on any atom is -0.507 e. The van der Waals surface area contributed by atoms with Crippen molar-refractivity contribution in [2.45, 2.75) is 12.3 Å². The minimum atomic E-state index is -2.97. The molecule has 110 valence electrons.